The molecule has 0 spiro atoms. The van der Waals surface area contributed by atoms with Crippen LogP contribution in [0.4, 0.5) is 5.82 Å². The molecule has 0 fully saturated rings. The first-order valence-electron chi connectivity index (χ1n) is 8.96. The summed E-state index contributed by atoms with van der Waals surface area (Å²) >= 11 is 1.71. The maximum atomic E-state index is 4.55. The number of hydrogen-bond acceptors (Lipinski definition) is 4. The average molecular weight is 359 g/mol. The van der Waals surface area contributed by atoms with Crippen molar-refractivity contribution in [2.75, 3.05) is 5.32 Å². The topological polar surface area (TPSA) is 37.8 Å². The van der Waals surface area contributed by atoms with Crippen molar-refractivity contribution in [2.24, 2.45) is 0 Å². The van der Waals surface area contributed by atoms with E-state index in [4.69, 9.17) is 0 Å². The van der Waals surface area contributed by atoms with Crippen molar-refractivity contribution < 1.29 is 0 Å². The normalized spacial score (nSPS) is 12.2. The van der Waals surface area contributed by atoms with Crippen LogP contribution in [-0.2, 0) is 0 Å². The van der Waals surface area contributed by atoms with Gasteiger partial charge in [0.15, 0.2) is 0 Å². The second-order valence-corrected chi connectivity index (χ2v) is 7.34. The fraction of sp³-hybridized carbons (Fsp3) is 0.182. The van der Waals surface area contributed by atoms with Crippen LogP contribution in [0, 0.1) is 0 Å². The second kappa shape index (κ2) is 7.67. The monoisotopic (exact) mass is 359 g/mol. The van der Waals surface area contributed by atoms with Crippen LogP contribution in [-0.4, -0.2) is 9.97 Å². The quantitative estimate of drug-likeness (QED) is 0.438. The number of aromatic nitrogens is 2. The largest absolute Gasteiger partial charge is 0.363 e. The summed E-state index contributed by atoms with van der Waals surface area (Å²) in [5, 5.41) is 4.75. The zero-order chi connectivity index (χ0) is 17.8. The zero-order valence-electron chi connectivity index (χ0n) is 14.7. The van der Waals surface area contributed by atoms with Gasteiger partial charge in [-0.25, -0.2) is 9.97 Å². The van der Waals surface area contributed by atoms with E-state index in [-0.39, 0.29) is 6.04 Å². The molecular formula is C22H21N3S. The molecule has 0 aliphatic heterocycles. The molecule has 4 rings (SSSR count). The van der Waals surface area contributed by atoms with Gasteiger partial charge in [0, 0.05) is 4.88 Å². The van der Waals surface area contributed by atoms with Gasteiger partial charge in [-0.15, -0.1) is 11.3 Å². The molecule has 1 N–H and O–H groups in total. The highest BCUT2D eigenvalue weighted by Crippen LogP contribution is 2.36. The summed E-state index contributed by atoms with van der Waals surface area (Å²) in [5.74, 6) is 0.913. The fourth-order valence-electron chi connectivity index (χ4n) is 3.18. The fourth-order valence-corrected chi connectivity index (χ4v) is 4.18. The molecule has 1 atom stereocenters. The highest BCUT2D eigenvalue weighted by molar-refractivity contribution is 7.21. The first-order chi connectivity index (χ1) is 12.8. The van der Waals surface area contributed by atoms with E-state index in [9.17, 15) is 0 Å². The molecular weight excluding hydrogens is 338 g/mol. The molecule has 0 aliphatic carbocycles. The number of rotatable bonds is 6. The number of thiophene rings is 1. The molecule has 0 bridgehead atoms. The minimum Gasteiger partial charge on any atom is -0.363 e. The Morgan fingerprint density at radius 1 is 0.962 bits per heavy atom. The molecule has 0 amide bonds. The summed E-state index contributed by atoms with van der Waals surface area (Å²) in [6.07, 6.45) is 3.83. The van der Waals surface area contributed by atoms with Crippen molar-refractivity contribution in [3.8, 4) is 10.4 Å². The lowest BCUT2D eigenvalue weighted by Gasteiger charge is -2.19. The summed E-state index contributed by atoms with van der Waals surface area (Å²) in [4.78, 5) is 11.3. The molecule has 0 unspecified atom stereocenters. The molecule has 0 saturated heterocycles. The molecule has 3 nitrogen and oxygen atoms in total. The van der Waals surface area contributed by atoms with Crippen LogP contribution in [0.5, 0.6) is 0 Å². The lowest BCUT2D eigenvalue weighted by Crippen LogP contribution is -2.11. The summed E-state index contributed by atoms with van der Waals surface area (Å²) in [6, 6.07) is 23.5. The number of fused-ring (bicyclic) bond motifs is 1. The minimum atomic E-state index is 0.249. The Morgan fingerprint density at radius 2 is 1.69 bits per heavy atom. The van der Waals surface area contributed by atoms with Crippen molar-refractivity contribution in [1.29, 1.82) is 0 Å². The lowest BCUT2D eigenvalue weighted by molar-refractivity contribution is 0.675. The predicted octanol–water partition coefficient (Wildman–Crippen LogP) is 6.31. The molecule has 0 aliphatic rings. The molecule has 2 aromatic heterocycles. The van der Waals surface area contributed by atoms with Crippen molar-refractivity contribution in [3.63, 3.8) is 0 Å². The second-order valence-electron chi connectivity index (χ2n) is 6.31. The highest BCUT2D eigenvalue weighted by Gasteiger charge is 2.15. The molecule has 0 radical (unpaired) electrons. The van der Waals surface area contributed by atoms with Gasteiger partial charge in [-0.05, 0) is 23.6 Å². The first kappa shape index (κ1) is 16.7. The van der Waals surface area contributed by atoms with Gasteiger partial charge in [0.2, 0.25) is 0 Å². The zero-order valence-corrected chi connectivity index (χ0v) is 15.5. The van der Waals surface area contributed by atoms with Gasteiger partial charge in [-0.2, -0.15) is 0 Å². The van der Waals surface area contributed by atoms with E-state index in [0.29, 0.717) is 0 Å². The van der Waals surface area contributed by atoms with Gasteiger partial charge in [0.05, 0.1) is 11.4 Å². The van der Waals surface area contributed by atoms with Gasteiger partial charge in [-0.1, -0.05) is 74.0 Å². The van der Waals surface area contributed by atoms with Crippen LogP contribution in [0.15, 0.2) is 73.1 Å². The van der Waals surface area contributed by atoms with E-state index in [1.165, 1.54) is 16.0 Å². The molecule has 26 heavy (non-hydrogen) atoms. The van der Waals surface area contributed by atoms with E-state index >= 15 is 0 Å². The van der Waals surface area contributed by atoms with Crippen LogP contribution in [0.25, 0.3) is 20.7 Å². The number of nitrogens with one attached hydrogen (secondary N) is 1. The van der Waals surface area contributed by atoms with Gasteiger partial charge in [0.1, 0.15) is 17.0 Å². The summed E-state index contributed by atoms with van der Waals surface area (Å²) in [7, 11) is 0. The molecule has 0 saturated carbocycles. The number of nitrogens with zero attached hydrogens (tertiary/aromatic N) is 2. The van der Waals surface area contributed by atoms with E-state index in [2.05, 4.69) is 82.9 Å². The Kier molecular flexibility index (Phi) is 4.93. The Balaban J connectivity index is 1.70. The standard InChI is InChI=1S/C22H21N3S/c1-2-9-19(16-10-5-3-6-11-16)25-21-18-14-20(17-12-7-4-8-13-17)26-22(18)24-15-23-21/h3-8,10-15,19H,2,9H2,1H3,(H,23,24,25)/t19-/m1/s1. The van der Waals surface area contributed by atoms with Gasteiger partial charge in [0.25, 0.3) is 0 Å². The summed E-state index contributed by atoms with van der Waals surface area (Å²) in [6.45, 7) is 2.21. The van der Waals surface area contributed by atoms with E-state index in [0.717, 1.165) is 28.9 Å². The number of benzene rings is 2. The summed E-state index contributed by atoms with van der Waals surface area (Å²) < 4.78 is 0. The number of hydrogen-bond donors (Lipinski definition) is 1. The Labute approximate surface area is 157 Å². The van der Waals surface area contributed by atoms with Gasteiger partial charge >= 0.3 is 0 Å². The van der Waals surface area contributed by atoms with Gasteiger partial charge in [-0.3, -0.25) is 0 Å². The van der Waals surface area contributed by atoms with E-state index in [1.807, 2.05) is 6.07 Å². The van der Waals surface area contributed by atoms with Crippen LogP contribution < -0.4 is 5.32 Å². The highest BCUT2D eigenvalue weighted by atomic mass is 32.1. The average Bonchev–Trinajstić information content (AvgIpc) is 3.14. The van der Waals surface area contributed by atoms with Crippen molar-refractivity contribution >= 4 is 27.4 Å². The molecule has 2 heterocycles. The van der Waals surface area contributed by atoms with Crippen molar-refractivity contribution in [1.82, 2.24) is 9.97 Å². The van der Waals surface area contributed by atoms with Gasteiger partial charge < -0.3 is 5.32 Å². The number of anilines is 1. The molecule has 130 valence electrons. The van der Waals surface area contributed by atoms with Crippen LogP contribution in [0.1, 0.15) is 31.4 Å². The van der Waals surface area contributed by atoms with E-state index < -0.39 is 0 Å². The summed E-state index contributed by atoms with van der Waals surface area (Å²) in [5.41, 5.74) is 2.51. The van der Waals surface area contributed by atoms with Crippen molar-refractivity contribution in [2.45, 2.75) is 25.8 Å². The maximum absolute atomic E-state index is 4.55. The molecule has 4 aromatic rings. The Hall–Kier alpha value is -2.72. The van der Waals surface area contributed by atoms with Crippen molar-refractivity contribution in [3.05, 3.63) is 78.6 Å². The molecule has 4 heteroatoms. The first-order valence-corrected chi connectivity index (χ1v) is 9.78. The lowest BCUT2D eigenvalue weighted by atomic mass is 10.0. The Bertz CT molecular complexity index is 980. The smallest absolute Gasteiger partial charge is 0.138 e. The van der Waals surface area contributed by atoms with Crippen LogP contribution in [0.3, 0.4) is 0 Å². The molecule has 2 aromatic carbocycles. The third kappa shape index (κ3) is 3.46. The SMILES string of the molecule is CCC[C@@H](Nc1ncnc2sc(-c3ccccc3)cc12)c1ccccc1. The minimum absolute atomic E-state index is 0.249. The Morgan fingerprint density at radius 3 is 2.42 bits per heavy atom. The van der Waals surface area contributed by atoms with E-state index in [1.54, 1.807) is 17.7 Å². The van der Waals surface area contributed by atoms with Crippen LogP contribution >= 0.6 is 11.3 Å². The predicted molar refractivity (Wildman–Crippen MR) is 111 cm³/mol. The third-order valence-electron chi connectivity index (χ3n) is 4.48. The maximum Gasteiger partial charge on any atom is 0.138 e. The van der Waals surface area contributed by atoms with Crippen LogP contribution in [0.2, 0.25) is 0 Å². The third-order valence-corrected chi connectivity index (χ3v) is 5.57.